The monoisotopic (exact) mass is 531 g/mol. The third-order valence-corrected chi connectivity index (χ3v) is 8.13. The number of likely N-dealkylation sites (tertiary alicyclic amines) is 1. The van der Waals surface area contributed by atoms with E-state index in [0.29, 0.717) is 18.9 Å². The first-order valence-corrected chi connectivity index (χ1v) is 13.9. The molecule has 2 amide bonds. The van der Waals surface area contributed by atoms with E-state index in [4.69, 9.17) is 9.47 Å². The highest BCUT2D eigenvalue weighted by Crippen LogP contribution is 2.29. The van der Waals surface area contributed by atoms with Gasteiger partial charge < -0.3 is 29.4 Å². The molecular formula is C30H49N3O5. The van der Waals surface area contributed by atoms with Gasteiger partial charge in [0, 0.05) is 26.8 Å². The maximum atomic E-state index is 13.6. The Labute approximate surface area is 229 Å². The number of ether oxygens (including phenoxy) is 2. The number of likely N-dealkylation sites (N-methyl/N-ethyl adjacent to an activating group) is 1. The molecule has 1 N–H and O–H groups in total. The van der Waals surface area contributed by atoms with Gasteiger partial charge in [-0.2, -0.15) is 0 Å². The highest BCUT2D eigenvalue weighted by molar-refractivity contribution is 5.82. The van der Waals surface area contributed by atoms with E-state index in [1.165, 1.54) is 0 Å². The summed E-state index contributed by atoms with van der Waals surface area (Å²) in [5, 5.41) is 2.88. The quantitative estimate of drug-likeness (QED) is 0.350. The van der Waals surface area contributed by atoms with Crippen LogP contribution in [0.2, 0.25) is 0 Å². The van der Waals surface area contributed by atoms with Crippen molar-refractivity contribution in [3.63, 3.8) is 0 Å². The number of amides is 2. The molecule has 2 rings (SSSR count). The molecule has 7 atom stereocenters. The van der Waals surface area contributed by atoms with Gasteiger partial charge in [-0.3, -0.25) is 9.59 Å². The molecule has 1 heterocycles. The lowest BCUT2D eigenvalue weighted by Crippen LogP contribution is -2.52. The van der Waals surface area contributed by atoms with E-state index in [9.17, 15) is 14.4 Å². The summed E-state index contributed by atoms with van der Waals surface area (Å²) in [6, 6.07) is 7.20. The molecule has 0 radical (unpaired) electrons. The van der Waals surface area contributed by atoms with Crippen LogP contribution in [0, 0.1) is 18.8 Å². The Kier molecular flexibility index (Phi) is 12.9. The SMILES string of the molecule is CC[C@H](C)[C@@H](C(CC(=O)N1CCC[C@H]1C(OC)[C@@H](C)C(=O)N[C@H](C=O)Cc1ccc(C)cc1)OC)N(C)C. The van der Waals surface area contributed by atoms with Crippen molar-refractivity contribution in [1.82, 2.24) is 15.1 Å². The van der Waals surface area contributed by atoms with Crippen molar-refractivity contribution in [2.24, 2.45) is 11.8 Å². The Hall–Kier alpha value is -2.29. The molecule has 0 saturated carbocycles. The zero-order chi connectivity index (χ0) is 28.4. The van der Waals surface area contributed by atoms with Crippen molar-refractivity contribution in [1.29, 1.82) is 0 Å². The molecule has 1 aliphatic heterocycles. The lowest BCUT2D eigenvalue weighted by Gasteiger charge is -2.38. The second kappa shape index (κ2) is 15.3. The van der Waals surface area contributed by atoms with Gasteiger partial charge >= 0.3 is 0 Å². The maximum absolute atomic E-state index is 13.6. The zero-order valence-corrected chi connectivity index (χ0v) is 24.6. The number of hydrogen-bond acceptors (Lipinski definition) is 6. The second-order valence-corrected chi connectivity index (χ2v) is 11.0. The van der Waals surface area contributed by atoms with Crippen LogP contribution in [0.5, 0.6) is 0 Å². The topological polar surface area (TPSA) is 88.2 Å². The predicted octanol–water partition coefficient (Wildman–Crippen LogP) is 3.24. The number of carbonyl (C=O) groups excluding carboxylic acids is 3. The third kappa shape index (κ3) is 8.35. The van der Waals surface area contributed by atoms with Crippen LogP contribution in [-0.4, -0.2) is 93.1 Å². The first kappa shape index (κ1) is 31.9. The summed E-state index contributed by atoms with van der Waals surface area (Å²) in [5.74, 6) is -0.390. The summed E-state index contributed by atoms with van der Waals surface area (Å²) >= 11 is 0. The minimum atomic E-state index is -0.627. The first-order valence-electron chi connectivity index (χ1n) is 13.9. The van der Waals surface area contributed by atoms with Crippen molar-refractivity contribution < 1.29 is 23.9 Å². The molecule has 1 aromatic rings. The van der Waals surface area contributed by atoms with Crippen LogP contribution in [-0.2, 0) is 30.3 Å². The van der Waals surface area contributed by atoms with E-state index >= 15 is 0 Å². The van der Waals surface area contributed by atoms with Gasteiger partial charge in [-0.05, 0) is 51.8 Å². The molecule has 0 spiro atoms. The number of benzene rings is 1. The fraction of sp³-hybridized carbons (Fsp3) is 0.700. The van der Waals surface area contributed by atoms with Gasteiger partial charge in [-0.15, -0.1) is 0 Å². The van der Waals surface area contributed by atoms with Crippen LogP contribution < -0.4 is 5.32 Å². The lowest BCUT2D eigenvalue weighted by molar-refractivity contribution is -0.143. The molecule has 2 unspecified atom stereocenters. The molecule has 1 fully saturated rings. The normalized spacial score (nSPS) is 20.4. The van der Waals surface area contributed by atoms with E-state index in [1.807, 2.05) is 50.2 Å². The number of rotatable bonds is 15. The van der Waals surface area contributed by atoms with Crippen LogP contribution in [0.1, 0.15) is 57.6 Å². The van der Waals surface area contributed by atoms with Crippen LogP contribution >= 0.6 is 0 Å². The van der Waals surface area contributed by atoms with Crippen molar-refractivity contribution in [2.45, 2.75) is 90.1 Å². The van der Waals surface area contributed by atoms with Gasteiger partial charge in [0.15, 0.2) is 0 Å². The molecule has 0 aliphatic carbocycles. The molecule has 1 saturated heterocycles. The third-order valence-electron chi connectivity index (χ3n) is 8.13. The fourth-order valence-corrected chi connectivity index (χ4v) is 5.80. The summed E-state index contributed by atoms with van der Waals surface area (Å²) in [4.78, 5) is 42.5. The van der Waals surface area contributed by atoms with Gasteiger partial charge in [-0.1, -0.05) is 57.0 Å². The Balaban J connectivity index is 2.09. The minimum absolute atomic E-state index is 0.0225. The molecule has 1 aromatic carbocycles. The van der Waals surface area contributed by atoms with Gasteiger partial charge in [0.1, 0.15) is 6.29 Å². The number of nitrogens with one attached hydrogen (secondary N) is 1. The van der Waals surface area contributed by atoms with E-state index < -0.39 is 18.1 Å². The Morgan fingerprint density at radius 1 is 1.16 bits per heavy atom. The molecule has 0 bridgehead atoms. The van der Waals surface area contributed by atoms with E-state index in [-0.39, 0.29) is 36.4 Å². The van der Waals surface area contributed by atoms with Crippen molar-refractivity contribution in [3.8, 4) is 0 Å². The smallest absolute Gasteiger partial charge is 0.226 e. The number of carbonyl (C=O) groups is 3. The first-order chi connectivity index (χ1) is 18.1. The van der Waals surface area contributed by atoms with E-state index in [2.05, 4.69) is 24.1 Å². The standard InChI is InChI=1S/C30H49N3O5/c1-9-21(3)28(32(5)6)26(37-7)18-27(35)33-16-10-11-25(33)29(38-8)22(4)30(36)31-24(19-34)17-23-14-12-20(2)13-15-23/h12-15,19,21-22,24-26,28-29H,9-11,16-18H2,1-8H3,(H,31,36)/t21-,22+,24-,25-,26?,28-,29?/m0/s1. The van der Waals surface area contributed by atoms with Crippen molar-refractivity contribution in [3.05, 3.63) is 35.4 Å². The highest BCUT2D eigenvalue weighted by Gasteiger charge is 2.41. The molecule has 38 heavy (non-hydrogen) atoms. The van der Waals surface area contributed by atoms with E-state index in [0.717, 1.165) is 36.7 Å². The number of nitrogens with zero attached hydrogens (tertiary/aromatic N) is 2. The second-order valence-electron chi connectivity index (χ2n) is 11.0. The van der Waals surface area contributed by atoms with Gasteiger partial charge in [-0.25, -0.2) is 0 Å². The van der Waals surface area contributed by atoms with Crippen LogP contribution in [0.15, 0.2) is 24.3 Å². The summed E-state index contributed by atoms with van der Waals surface area (Å²) in [6.45, 7) is 8.79. The van der Waals surface area contributed by atoms with Crippen molar-refractivity contribution in [2.75, 3.05) is 34.9 Å². The predicted molar refractivity (Wildman–Crippen MR) is 150 cm³/mol. The summed E-state index contributed by atoms with van der Waals surface area (Å²) < 4.78 is 11.7. The van der Waals surface area contributed by atoms with Gasteiger partial charge in [0.05, 0.1) is 36.6 Å². The molecule has 8 nitrogen and oxygen atoms in total. The molecule has 1 aliphatic rings. The maximum Gasteiger partial charge on any atom is 0.226 e. The molecule has 0 aromatic heterocycles. The summed E-state index contributed by atoms with van der Waals surface area (Å²) in [7, 11) is 7.31. The Bertz CT molecular complexity index is 890. The Morgan fingerprint density at radius 3 is 2.34 bits per heavy atom. The highest BCUT2D eigenvalue weighted by atomic mass is 16.5. The van der Waals surface area contributed by atoms with E-state index in [1.54, 1.807) is 21.1 Å². The average molecular weight is 532 g/mol. The summed E-state index contributed by atoms with van der Waals surface area (Å²) in [6.07, 6.45) is 3.39. The average Bonchev–Trinajstić information content (AvgIpc) is 3.38. The van der Waals surface area contributed by atoms with Crippen LogP contribution in [0.3, 0.4) is 0 Å². The number of aldehydes is 1. The van der Waals surface area contributed by atoms with Crippen LogP contribution in [0.4, 0.5) is 0 Å². The largest absolute Gasteiger partial charge is 0.379 e. The molecular weight excluding hydrogens is 482 g/mol. The summed E-state index contributed by atoms with van der Waals surface area (Å²) in [5.41, 5.74) is 2.12. The zero-order valence-electron chi connectivity index (χ0n) is 24.6. The van der Waals surface area contributed by atoms with Crippen LogP contribution in [0.25, 0.3) is 0 Å². The Morgan fingerprint density at radius 2 is 1.82 bits per heavy atom. The number of hydrogen-bond donors (Lipinski definition) is 1. The fourth-order valence-electron chi connectivity index (χ4n) is 5.80. The lowest BCUT2D eigenvalue weighted by atomic mass is 9.90. The van der Waals surface area contributed by atoms with Crippen molar-refractivity contribution >= 4 is 18.1 Å². The minimum Gasteiger partial charge on any atom is -0.379 e. The molecule has 8 heteroatoms. The number of aryl methyl sites for hydroxylation is 1. The van der Waals surface area contributed by atoms with Gasteiger partial charge in [0.2, 0.25) is 11.8 Å². The van der Waals surface area contributed by atoms with Gasteiger partial charge in [0.25, 0.3) is 0 Å². The molecule has 214 valence electrons. The number of methoxy groups -OCH3 is 2.